The average molecular weight is 274 g/mol. The van der Waals surface area contributed by atoms with Crippen molar-refractivity contribution in [2.75, 3.05) is 7.11 Å². The molecule has 2 aliphatic rings. The van der Waals surface area contributed by atoms with Gasteiger partial charge in [-0.15, -0.1) is 0 Å². The van der Waals surface area contributed by atoms with Crippen molar-refractivity contribution in [2.45, 2.75) is 44.6 Å². The van der Waals surface area contributed by atoms with Gasteiger partial charge in [-0.05, 0) is 50.8 Å². The fraction of sp³-hybridized carbons (Fsp3) is 0.529. The van der Waals surface area contributed by atoms with Gasteiger partial charge in [-0.25, -0.2) is 0 Å². The van der Waals surface area contributed by atoms with Gasteiger partial charge >= 0.3 is 0 Å². The monoisotopic (exact) mass is 274 g/mol. The molecule has 1 aromatic carbocycles. The first-order chi connectivity index (χ1) is 9.54. The number of fused-ring (bicyclic) bond motifs is 3. The molecule has 3 heteroatoms. The number of rotatable bonds is 1. The molecular weight excluding hydrogens is 252 g/mol. The van der Waals surface area contributed by atoms with Crippen molar-refractivity contribution in [1.82, 2.24) is 0 Å². The van der Waals surface area contributed by atoms with E-state index in [1.54, 1.807) is 13.2 Å². The Hall–Kier alpha value is -1.64. The lowest BCUT2D eigenvalue weighted by Gasteiger charge is -2.48. The van der Waals surface area contributed by atoms with Gasteiger partial charge in [0.1, 0.15) is 17.1 Å². The van der Waals surface area contributed by atoms with Gasteiger partial charge in [0.05, 0.1) is 13.4 Å². The molecule has 1 N–H and O–H groups in total. The molecule has 0 saturated heterocycles. The third-order valence-electron chi connectivity index (χ3n) is 4.59. The van der Waals surface area contributed by atoms with Crippen molar-refractivity contribution in [1.29, 1.82) is 0 Å². The Balaban J connectivity index is 2.13. The van der Waals surface area contributed by atoms with E-state index in [0.717, 1.165) is 30.6 Å². The van der Waals surface area contributed by atoms with Crippen LogP contribution >= 0.6 is 0 Å². The fourth-order valence-electron chi connectivity index (χ4n) is 3.97. The van der Waals surface area contributed by atoms with Gasteiger partial charge in [-0.3, -0.25) is 0 Å². The Labute approximate surface area is 120 Å². The van der Waals surface area contributed by atoms with Crippen LogP contribution in [0.5, 0.6) is 11.5 Å². The minimum atomic E-state index is -0.282. The number of phenolic OH excluding ortho intramolecular Hbond substituents is 1. The number of methoxy groups -OCH3 is 1. The summed E-state index contributed by atoms with van der Waals surface area (Å²) in [7, 11) is 1.69. The zero-order valence-electron chi connectivity index (χ0n) is 12.3. The molecule has 0 radical (unpaired) electrons. The Bertz CT molecular complexity index is 545. The SMILES string of the molecule is COC=C1CCCC2c3c(O)cccc3OC(C)(C)C12. The molecule has 3 nitrogen and oxygen atoms in total. The van der Waals surface area contributed by atoms with Crippen LogP contribution in [0.1, 0.15) is 44.6 Å². The first-order valence-corrected chi connectivity index (χ1v) is 7.27. The molecule has 108 valence electrons. The van der Waals surface area contributed by atoms with Crippen LogP contribution in [-0.4, -0.2) is 17.8 Å². The summed E-state index contributed by atoms with van der Waals surface area (Å²) in [4.78, 5) is 0. The number of benzene rings is 1. The standard InChI is InChI=1S/C17H22O3/c1-17(2)16-11(10-19-3)6-4-7-12(16)15-13(18)8-5-9-14(15)20-17/h5,8-10,12,16,18H,4,6-7H2,1-3H3. The maximum absolute atomic E-state index is 10.3. The zero-order chi connectivity index (χ0) is 14.3. The topological polar surface area (TPSA) is 38.7 Å². The van der Waals surface area contributed by atoms with Crippen LogP contribution in [0.2, 0.25) is 0 Å². The van der Waals surface area contributed by atoms with E-state index in [4.69, 9.17) is 9.47 Å². The van der Waals surface area contributed by atoms with Crippen molar-refractivity contribution in [3.63, 3.8) is 0 Å². The highest BCUT2D eigenvalue weighted by Crippen LogP contribution is 2.55. The molecule has 1 heterocycles. The van der Waals surface area contributed by atoms with Crippen LogP contribution in [0.25, 0.3) is 0 Å². The molecule has 0 spiro atoms. The number of hydrogen-bond donors (Lipinski definition) is 1. The molecule has 1 aliphatic heterocycles. The van der Waals surface area contributed by atoms with Crippen LogP contribution in [0.15, 0.2) is 30.0 Å². The molecule has 2 unspecified atom stereocenters. The first-order valence-electron chi connectivity index (χ1n) is 7.27. The smallest absolute Gasteiger partial charge is 0.127 e. The molecule has 1 fully saturated rings. The molecule has 0 bridgehead atoms. The van der Waals surface area contributed by atoms with E-state index in [1.807, 2.05) is 18.4 Å². The second-order valence-corrected chi connectivity index (χ2v) is 6.30. The van der Waals surface area contributed by atoms with Crippen LogP contribution in [0.4, 0.5) is 0 Å². The Morgan fingerprint density at radius 2 is 2.20 bits per heavy atom. The van der Waals surface area contributed by atoms with Crippen LogP contribution < -0.4 is 4.74 Å². The van der Waals surface area contributed by atoms with E-state index in [9.17, 15) is 5.11 Å². The number of phenols is 1. The fourth-order valence-corrected chi connectivity index (χ4v) is 3.97. The van der Waals surface area contributed by atoms with E-state index >= 15 is 0 Å². The van der Waals surface area contributed by atoms with Crippen molar-refractivity contribution in [3.8, 4) is 11.5 Å². The van der Waals surface area contributed by atoms with Gasteiger partial charge in [0.2, 0.25) is 0 Å². The van der Waals surface area contributed by atoms with Gasteiger partial charge in [0.15, 0.2) is 0 Å². The molecule has 0 aromatic heterocycles. The molecule has 1 saturated carbocycles. The predicted molar refractivity (Wildman–Crippen MR) is 78.0 cm³/mol. The summed E-state index contributed by atoms with van der Waals surface area (Å²) in [6.07, 6.45) is 5.13. The van der Waals surface area contributed by atoms with E-state index in [1.165, 1.54) is 5.57 Å². The van der Waals surface area contributed by atoms with Gasteiger partial charge in [0, 0.05) is 17.4 Å². The van der Waals surface area contributed by atoms with Crippen molar-refractivity contribution >= 4 is 0 Å². The highest BCUT2D eigenvalue weighted by atomic mass is 16.5. The van der Waals surface area contributed by atoms with Crippen LogP contribution in [0.3, 0.4) is 0 Å². The minimum absolute atomic E-state index is 0.261. The van der Waals surface area contributed by atoms with E-state index in [0.29, 0.717) is 11.7 Å². The third kappa shape index (κ3) is 1.96. The minimum Gasteiger partial charge on any atom is -0.508 e. The third-order valence-corrected chi connectivity index (χ3v) is 4.59. The summed E-state index contributed by atoms with van der Waals surface area (Å²) < 4.78 is 11.5. The summed E-state index contributed by atoms with van der Waals surface area (Å²) in [5.74, 6) is 1.75. The molecule has 1 aromatic rings. The molecule has 3 rings (SSSR count). The Morgan fingerprint density at radius 1 is 1.40 bits per heavy atom. The maximum Gasteiger partial charge on any atom is 0.127 e. The highest BCUT2D eigenvalue weighted by molar-refractivity contribution is 5.50. The molecule has 1 aliphatic carbocycles. The second kappa shape index (κ2) is 4.72. The average Bonchev–Trinajstić information content (AvgIpc) is 2.38. The summed E-state index contributed by atoms with van der Waals surface area (Å²) in [5, 5.41) is 10.3. The van der Waals surface area contributed by atoms with Crippen LogP contribution in [-0.2, 0) is 4.74 Å². The lowest BCUT2D eigenvalue weighted by Crippen LogP contribution is -2.46. The number of hydrogen-bond acceptors (Lipinski definition) is 3. The maximum atomic E-state index is 10.3. The second-order valence-electron chi connectivity index (χ2n) is 6.30. The van der Waals surface area contributed by atoms with Crippen molar-refractivity contribution < 1.29 is 14.6 Å². The molecular formula is C17H22O3. The van der Waals surface area contributed by atoms with Gasteiger partial charge in [-0.1, -0.05) is 6.07 Å². The Kier molecular flexibility index (Phi) is 3.15. The Morgan fingerprint density at radius 3 is 2.95 bits per heavy atom. The summed E-state index contributed by atoms with van der Waals surface area (Å²) in [6.45, 7) is 4.26. The summed E-state index contributed by atoms with van der Waals surface area (Å²) >= 11 is 0. The normalized spacial score (nSPS) is 29.2. The first kappa shape index (κ1) is 13.3. The van der Waals surface area contributed by atoms with Crippen LogP contribution in [0, 0.1) is 5.92 Å². The lowest BCUT2D eigenvalue weighted by atomic mass is 9.64. The molecule has 0 amide bonds. The molecule has 20 heavy (non-hydrogen) atoms. The van der Waals surface area contributed by atoms with Gasteiger partial charge in [0.25, 0.3) is 0 Å². The predicted octanol–water partition coefficient (Wildman–Crippen LogP) is 3.98. The van der Waals surface area contributed by atoms with Crippen molar-refractivity contribution in [2.24, 2.45) is 5.92 Å². The van der Waals surface area contributed by atoms with E-state index in [-0.39, 0.29) is 11.5 Å². The largest absolute Gasteiger partial charge is 0.508 e. The number of aromatic hydroxyl groups is 1. The van der Waals surface area contributed by atoms with Crippen molar-refractivity contribution in [3.05, 3.63) is 35.6 Å². The van der Waals surface area contributed by atoms with E-state index < -0.39 is 0 Å². The summed E-state index contributed by atoms with van der Waals surface area (Å²) in [5.41, 5.74) is 1.98. The highest BCUT2D eigenvalue weighted by Gasteiger charge is 2.48. The van der Waals surface area contributed by atoms with Gasteiger partial charge < -0.3 is 14.6 Å². The van der Waals surface area contributed by atoms with E-state index in [2.05, 4.69) is 13.8 Å². The molecule has 2 atom stereocenters. The lowest BCUT2D eigenvalue weighted by molar-refractivity contribution is 0.0152. The van der Waals surface area contributed by atoms with Gasteiger partial charge in [-0.2, -0.15) is 0 Å². The number of ether oxygens (including phenoxy) is 2. The quantitative estimate of drug-likeness (QED) is 0.787. The zero-order valence-corrected chi connectivity index (χ0v) is 12.3. The summed E-state index contributed by atoms with van der Waals surface area (Å²) in [6, 6.07) is 5.56.